The molecule has 0 saturated carbocycles. The number of ketones is 1. The molecule has 3 aromatic rings. The summed E-state index contributed by atoms with van der Waals surface area (Å²) in [5.41, 5.74) is 3.65. The molecule has 0 bridgehead atoms. The maximum atomic E-state index is 12.7. The van der Waals surface area contributed by atoms with E-state index in [1.54, 1.807) is 37.6 Å². The topological polar surface area (TPSA) is 42.1 Å². The summed E-state index contributed by atoms with van der Waals surface area (Å²) in [6.45, 7) is 2.11. The molecule has 3 rings (SSSR count). The molecule has 0 aliphatic carbocycles. The third-order valence-corrected chi connectivity index (χ3v) is 3.78. The minimum Gasteiger partial charge on any atom is -0.497 e. The van der Waals surface area contributed by atoms with Crippen LogP contribution in [0.4, 0.5) is 0 Å². The van der Waals surface area contributed by atoms with Gasteiger partial charge in [-0.25, -0.2) is 0 Å². The van der Waals surface area contributed by atoms with Gasteiger partial charge in [-0.15, -0.1) is 0 Å². The van der Waals surface area contributed by atoms with Crippen LogP contribution in [0.3, 0.4) is 0 Å². The van der Waals surface area contributed by atoms with Crippen LogP contribution in [-0.2, 0) is 6.42 Å². The van der Waals surface area contributed by atoms with Gasteiger partial charge in [0, 0.05) is 28.2 Å². The van der Waals surface area contributed by atoms with Crippen molar-refractivity contribution in [3.63, 3.8) is 0 Å². The van der Waals surface area contributed by atoms with Crippen molar-refractivity contribution in [3.8, 4) is 5.75 Å². The number of hydrogen-bond donors (Lipinski definition) is 1. The van der Waals surface area contributed by atoms with Gasteiger partial charge in [-0.05, 0) is 36.2 Å². The second kappa shape index (κ2) is 5.44. The van der Waals surface area contributed by atoms with E-state index < -0.39 is 0 Å². The van der Waals surface area contributed by atoms with Gasteiger partial charge in [0.2, 0.25) is 0 Å². The van der Waals surface area contributed by atoms with Crippen molar-refractivity contribution in [2.24, 2.45) is 0 Å². The fourth-order valence-corrected chi connectivity index (χ4v) is 2.60. The van der Waals surface area contributed by atoms with E-state index in [9.17, 15) is 4.79 Å². The summed E-state index contributed by atoms with van der Waals surface area (Å²) in [6.07, 6.45) is 2.74. The molecule has 0 unspecified atom stereocenters. The van der Waals surface area contributed by atoms with Crippen LogP contribution >= 0.6 is 0 Å². The van der Waals surface area contributed by atoms with E-state index in [2.05, 4.69) is 18.0 Å². The Labute approximate surface area is 123 Å². The van der Waals surface area contributed by atoms with Gasteiger partial charge < -0.3 is 9.72 Å². The van der Waals surface area contributed by atoms with Crippen molar-refractivity contribution < 1.29 is 9.53 Å². The third-order valence-electron chi connectivity index (χ3n) is 3.78. The number of rotatable bonds is 4. The molecule has 0 amide bonds. The average molecular weight is 279 g/mol. The quantitative estimate of drug-likeness (QED) is 0.734. The zero-order valence-corrected chi connectivity index (χ0v) is 12.1. The van der Waals surface area contributed by atoms with Gasteiger partial charge >= 0.3 is 0 Å². The van der Waals surface area contributed by atoms with E-state index in [0.717, 1.165) is 23.1 Å². The van der Waals surface area contributed by atoms with Crippen molar-refractivity contribution >= 4 is 16.7 Å². The maximum Gasteiger partial charge on any atom is 0.195 e. The first-order chi connectivity index (χ1) is 10.2. The molecule has 1 heterocycles. The second-order valence-electron chi connectivity index (χ2n) is 4.95. The summed E-state index contributed by atoms with van der Waals surface area (Å²) in [5.74, 6) is 0.774. The number of aryl methyl sites for hydroxylation is 1. The number of hydrogen-bond acceptors (Lipinski definition) is 2. The molecule has 3 heteroatoms. The zero-order valence-electron chi connectivity index (χ0n) is 12.1. The minimum atomic E-state index is 0.0251. The van der Waals surface area contributed by atoms with E-state index in [1.165, 1.54) is 5.56 Å². The molecule has 0 aliphatic rings. The zero-order chi connectivity index (χ0) is 14.8. The number of aromatic amines is 1. The Bertz CT molecular complexity index is 785. The summed E-state index contributed by atoms with van der Waals surface area (Å²) in [4.78, 5) is 15.9. The number of carbonyl (C=O) groups excluding carboxylic acids is 1. The van der Waals surface area contributed by atoms with Crippen LogP contribution in [0, 0.1) is 0 Å². The first kappa shape index (κ1) is 13.4. The van der Waals surface area contributed by atoms with Crippen molar-refractivity contribution in [2.45, 2.75) is 13.3 Å². The molecule has 0 saturated heterocycles. The van der Waals surface area contributed by atoms with Crippen LogP contribution in [-0.4, -0.2) is 17.9 Å². The molecule has 3 nitrogen and oxygen atoms in total. The van der Waals surface area contributed by atoms with Crippen molar-refractivity contribution in [1.82, 2.24) is 4.98 Å². The Balaban J connectivity index is 2.05. The number of ether oxygens (including phenoxy) is 1. The van der Waals surface area contributed by atoms with Gasteiger partial charge in [-0.2, -0.15) is 0 Å². The van der Waals surface area contributed by atoms with E-state index in [4.69, 9.17) is 4.74 Å². The third kappa shape index (κ3) is 2.31. The Hall–Kier alpha value is -2.55. The van der Waals surface area contributed by atoms with Crippen molar-refractivity contribution in [2.75, 3.05) is 7.11 Å². The maximum absolute atomic E-state index is 12.7. The summed E-state index contributed by atoms with van der Waals surface area (Å²) in [7, 11) is 1.61. The molecule has 21 heavy (non-hydrogen) atoms. The van der Waals surface area contributed by atoms with Gasteiger partial charge in [0.05, 0.1) is 7.11 Å². The summed E-state index contributed by atoms with van der Waals surface area (Å²) >= 11 is 0. The average Bonchev–Trinajstić information content (AvgIpc) is 2.98. The van der Waals surface area contributed by atoms with Gasteiger partial charge in [0.1, 0.15) is 5.75 Å². The van der Waals surface area contributed by atoms with Crippen molar-refractivity contribution in [1.29, 1.82) is 0 Å². The highest BCUT2D eigenvalue weighted by molar-refractivity contribution is 6.16. The molecule has 0 radical (unpaired) electrons. The van der Waals surface area contributed by atoms with Crippen molar-refractivity contribution in [3.05, 3.63) is 65.4 Å². The normalized spacial score (nSPS) is 10.8. The molecule has 2 aromatic carbocycles. The molecule has 106 valence electrons. The predicted molar refractivity (Wildman–Crippen MR) is 84.1 cm³/mol. The van der Waals surface area contributed by atoms with Crippen LogP contribution in [0.15, 0.2) is 48.7 Å². The molecule has 0 fully saturated rings. The number of carbonyl (C=O) groups is 1. The lowest BCUT2D eigenvalue weighted by Crippen LogP contribution is -2.00. The fourth-order valence-electron chi connectivity index (χ4n) is 2.60. The molecule has 1 aromatic heterocycles. The number of benzene rings is 2. The number of para-hydroxylation sites is 1. The number of H-pyrrole nitrogens is 1. The van der Waals surface area contributed by atoms with Gasteiger partial charge in [-0.1, -0.05) is 25.1 Å². The summed E-state index contributed by atoms with van der Waals surface area (Å²) < 4.78 is 5.12. The fraction of sp³-hybridized carbons (Fsp3) is 0.167. The van der Waals surface area contributed by atoms with E-state index >= 15 is 0 Å². The van der Waals surface area contributed by atoms with Crippen LogP contribution in [0.1, 0.15) is 28.4 Å². The summed E-state index contributed by atoms with van der Waals surface area (Å²) in [6, 6.07) is 13.3. The monoisotopic (exact) mass is 279 g/mol. The molecule has 0 spiro atoms. The number of methoxy groups -OCH3 is 1. The highest BCUT2D eigenvalue weighted by Crippen LogP contribution is 2.25. The lowest BCUT2D eigenvalue weighted by atomic mass is 10.0. The Morgan fingerprint density at radius 3 is 2.57 bits per heavy atom. The largest absolute Gasteiger partial charge is 0.497 e. The van der Waals surface area contributed by atoms with Crippen LogP contribution in [0.5, 0.6) is 5.75 Å². The summed E-state index contributed by atoms with van der Waals surface area (Å²) in [5, 5.41) is 0.982. The highest BCUT2D eigenvalue weighted by Gasteiger charge is 2.15. The standard InChI is InChI=1S/C18H17NO2/c1-3-12-5-4-6-15-16(11-19-17(12)15)18(20)13-7-9-14(21-2)10-8-13/h4-11,19H,3H2,1-2H3. The highest BCUT2D eigenvalue weighted by atomic mass is 16.5. The van der Waals surface area contributed by atoms with Gasteiger partial charge in [0.15, 0.2) is 5.78 Å². The SMILES string of the molecule is CCc1cccc2c(C(=O)c3ccc(OC)cc3)c[nH]c12. The Morgan fingerprint density at radius 1 is 1.14 bits per heavy atom. The molecular formula is C18H17NO2. The van der Waals surface area contributed by atoms with Crippen LogP contribution in [0.25, 0.3) is 10.9 Å². The van der Waals surface area contributed by atoms with E-state index in [0.29, 0.717) is 11.1 Å². The Morgan fingerprint density at radius 2 is 1.90 bits per heavy atom. The van der Waals surface area contributed by atoms with E-state index in [-0.39, 0.29) is 5.78 Å². The molecule has 0 atom stereocenters. The predicted octanol–water partition coefficient (Wildman–Crippen LogP) is 3.97. The number of nitrogens with one attached hydrogen (secondary N) is 1. The second-order valence-corrected chi connectivity index (χ2v) is 4.95. The van der Waals surface area contributed by atoms with E-state index in [1.807, 2.05) is 12.1 Å². The molecular weight excluding hydrogens is 262 g/mol. The minimum absolute atomic E-state index is 0.0251. The lowest BCUT2D eigenvalue weighted by Gasteiger charge is -2.03. The first-order valence-electron chi connectivity index (χ1n) is 7.02. The first-order valence-corrected chi connectivity index (χ1v) is 7.02. The smallest absolute Gasteiger partial charge is 0.195 e. The van der Waals surface area contributed by atoms with Gasteiger partial charge in [-0.3, -0.25) is 4.79 Å². The van der Waals surface area contributed by atoms with Crippen LogP contribution < -0.4 is 4.74 Å². The van der Waals surface area contributed by atoms with Crippen LogP contribution in [0.2, 0.25) is 0 Å². The number of fused-ring (bicyclic) bond motifs is 1. The van der Waals surface area contributed by atoms with Gasteiger partial charge in [0.25, 0.3) is 0 Å². The number of aromatic nitrogens is 1. The lowest BCUT2D eigenvalue weighted by molar-refractivity contribution is 0.104. The Kier molecular flexibility index (Phi) is 3.48. The molecule has 0 aliphatic heterocycles. The molecule has 1 N–H and O–H groups in total.